The van der Waals surface area contributed by atoms with Crippen LogP contribution in [0.25, 0.3) is 0 Å². The Labute approximate surface area is 114 Å². The molecule has 0 aromatic heterocycles. The summed E-state index contributed by atoms with van der Waals surface area (Å²) in [6, 6.07) is -0.0966. The van der Waals surface area contributed by atoms with Gasteiger partial charge in [-0.1, -0.05) is 0 Å². The lowest BCUT2D eigenvalue weighted by atomic mass is 9.86. The number of carbonyl (C=O) groups is 2. The number of amides is 1. The molecule has 0 unspecified atom stereocenters. The van der Waals surface area contributed by atoms with Crippen LogP contribution in [0.5, 0.6) is 0 Å². The Morgan fingerprint density at radius 1 is 1.20 bits per heavy atom. The van der Waals surface area contributed by atoms with Gasteiger partial charge in [-0.3, -0.25) is 9.59 Å². The highest BCUT2D eigenvalue weighted by atomic mass is 19.4. The average molecular weight is 297 g/mol. The molecule has 0 heterocycles. The number of rotatable bonds is 6. The Morgan fingerprint density at radius 3 is 2.30 bits per heavy atom. The maximum atomic E-state index is 11.8. The minimum Gasteiger partial charge on any atom is -0.481 e. The average Bonchev–Trinajstić information content (AvgIpc) is 2.34. The third-order valence-corrected chi connectivity index (χ3v) is 3.18. The van der Waals surface area contributed by atoms with Gasteiger partial charge in [0.25, 0.3) is 0 Å². The van der Waals surface area contributed by atoms with Crippen molar-refractivity contribution in [1.82, 2.24) is 5.32 Å². The Bertz CT molecular complexity index is 338. The van der Waals surface area contributed by atoms with Gasteiger partial charge in [0.2, 0.25) is 5.91 Å². The van der Waals surface area contributed by atoms with Gasteiger partial charge in [-0.25, -0.2) is 0 Å². The number of halogens is 3. The molecule has 0 saturated heterocycles. The molecule has 0 aromatic carbocycles. The highest BCUT2D eigenvalue weighted by Gasteiger charge is 2.28. The van der Waals surface area contributed by atoms with Crippen LogP contribution in [0.3, 0.4) is 0 Å². The Balaban J connectivity index is 2.13. The van der Waals surface area contributed by atoms with E-state index in [-0.39, 0.29) is 30.9 Å². The van der Waals surface area contributed by atoms with Crippen LogP contribution >= 0.6 is 0 Å². The molecule has 1 saturated carbocycles. The van der Waals surface area contributed by atoms with E-state index in [2.05, 4.69) is 10.1 Å². The van der Waals surface area contributed by atoms with Crippen LogP contribution < -0.4 is 5.32 Å². The van der Waals surface area contributed by atoms with Crippen LogP contribution in [-0.4, -0.2) is 42.4 Å². The van der Waals surface area contributed by atoms with E-state index in [0.29, 0.717) is 25.7 Å². The number of alkyl halides is 3. The minimum absolute atomic E-state index is 0.0966. The van der Waals surface area contributed by atoms with Gasteiger partial charge in [-0.15, -0.1) is 0 Å². The predicted molar refractivity (Wildman–Crippen MR) is 63.0 cm³/mol. The fourth-order valence-electron chi connectivity index (χ4n) is 2.14. The summed E-state index contributed by atoms with van der Waals surface area (Å²) >= 11 is 0. The Morgan fingerprint density at radius 2 is 1.80 bits per heavy atom. The molecular formula is C12H18F3NO4. The standard InChI is InChI=1S/C12H18F3NO4/c13-12(14,15)7-20-6-5-10(17)16-9-3-1-8(2-4-9)11(18)19/h8-9H,1-7H2,(H,16,17)(H,18,19). The van der Waals surface area contributed by atoms with E-state index in [1.165, 1.54) is 0 Å². The molecule has 1 aliphatic carbocycles. The molecule has 0 radical (unpaired) electrons. The maximum absolute atomic E-state index is 11.8. The zero-order chi connectivity index (χ0) is 15.2. The number of carbonyl (C=O) groups excluding carboxylic acids is 1. The fraction of sp³-hybridized carbons (Fsp3) is 0.833. The molecule has 1 amide bonds. The molecule has 1 aliphatic rings. The Hall–Kier alpha value is -1.31. The topological polar surface area (TPSA) is 75.6 Å². The summed E-state index contributed by atoms with van der Waals surface area (Å²) in [4.78, 5) is 22.2. The van der Waals surface area contributed by atoms with Crippen molar-refractivity contribution in [3.63, 3.8) is 0 Å². The lowest BCUT2D eigenvalue weighted by Gasteiger charge is -2.26. The number of hydrogen-bond acceptors (Lipinski definition) is 3. The first-order valence-corrected chi connectivity index (χ1v) is 6.44. The predicted octanol–water partition coefficient (Wildman–Crippen LogP) is 1.72. The van der Waals surface area contributed by atoms with Crippen LogP contribution in [-0.2, 0) is 14.3 Å². The first-order valence-electron chi connectivity index (χ1n) is 6.44. The van der Waals surface area contributed by atoms with Crippen LogP contribution in [0.15, 0.2) is 0 Å². The molecule has 2 N–H and O–H groups in total. The fourth-order valence-corrected chi connectivity index (χ4v) is 2.14. The highest BCUT2D eigenvalue weighted by Crippen LogP contribution is 2.24. The molecule has 20 heavy (non-hydrogen) atoms. The summed E-state index contributed by atoms with van der Waals surface area (Å²) in [5, 5.41) is 11.5. The zero-order valence-electron chi connectivity index (χ0n) is 10.9. The molecule has 0 spiro atoms. The SMILES string of the molecule is O=C(CCOCC(F)(F)F)NC1CCC(C(=O)O)CC1. The summed E-state index contributed by atoms with van der Waals surface area (Å²) in [7, 11) is 0. The van der Waals surface area contributed by atoms with Crippen LogP contribution in [0, 0.1) is 5.92 Å². The van der Waals surface area contributed by atoms with E-state index in [4.69, 9.17) is 5.11 Å². The third kappa shape index (κ3) is 6.74. The van der Waals surface area contributed by atoms with Crippen molar-refractivity contribution in [3.05, 3.63) is 0 Å². The van der Waals surface area contributed by atoms with Crippen molar-refractivity contribution in [1.29, 1.82) is 0 Å². The number of carboxylic acid groups (broad SMARTS) is 1. The van der Waals surface area contributed by atoms with Crippen molar-refractivity contribution in [2.45, 2.75) is 44.3 Å². The van der Waals surface area contributed by atoms with E-state index < -0.39 is 18.8 Å². The van der Waals surface area contributed by atoms with E-state index >= 15 is 0 Å². The monoisotopic (exact) mass is 297 g/mol. The Kier molecular flexibility index (Phi) is 6.25. The minimum atomic E-state index is -4.38. The molecular weight excluding hydrogens is 279 g/mol. The van der Waals surface area contributed by atoms with E-state index in [9.17, 15) is 22.8 Å². The van der Waals surface area contributed by atoms with Gasteiger partial charge in [-0.05, 0) is 25.7 Å². The van der Waals surface area contributed by atoms with Crippen molar-refractivity contribution in [2.24, 2.45) is 5.92 Å². The number of nitrogens with one attached hydrogen (secondary N) is 1. The number of ether oxygens (including phenoxy) is 1. The van der Waals surface area contributed by atoms with Gasteiger partial charge in [0, 0.05) is 12.5 Å². The van der Waals surface area contributed by atoms with Gasteiger partial charge in [0.1, 0.15) is 6.61 Å². The summed E-state index contributed by atoms with van der Waals surface area (Å²) in [6.45, 7) is -1.64. The first kappa shape index (κ1) is 16.7. The zero-order valence-corrected chi connectivity index (χ0v) is 10.9. The van der Waals surface area contributed by atoms with Gasteiger partial charge < -0.3 is 15.2 Å². The smallest absolute Gasteiger partial charge is 0.411 e. The number of carboxylic acids is 1. The van der Waals surface area contributed by atoms with Crippen molar-refractivity contribution in [3.8, 4) is 0 Å². The first-order chi connectivity index (χ1) is 9.28. The molecule has 0 bridgehead atoms. The van der Waals surface area contributed by atoms with E-state index in [1.807, 2.05) is 0 Å². The lowest BCUT2D eigenvalue weighted by Crippen LogP contribution is -2.39. The molecule has 8 heteroatoms. The van der Waals surface area contributed by atoms with Crippen LogP contribution in [0.2, 0.25) is 0 Å². The summed E-state index contributed by atoms with van der Waals surface area (Å²) in [5.74, 6) is -1.56. The molecule has 0 aliphatic heterocycles. The number of aliphatic carboxylic acids is 1. The third-order valence-electron chi connectivity index (χ3n) is 3.18. The molecule has 1 fully saturated rings. The lowest BCUT2D eigenvalue weighted by molar-refractivity contribution is -0.174. The van der Waals surface area contributed by atoms with Crippen LogP contribution in [0.1, 0.15) is 32.1 Å². The molecule has 5 nitrogen and oxygen atoms in total. The van der Waals surface area contributed by atoms with Gasteiger partial charge in [-0.2, -0.15) is 13.2 Å². The highest BCUT2D eigenvalue weighted by molar-refractivity contribution is 5.76. The van der Waals surface area contributed by atoms with Crippen molar-refractivity contribution < 1.29 is 32.6 Å². The summed E-state index contributed by atoms with van der Waals surface area (Å²) in [6.07, 6.45) is -2.35. The van der Waals surface area contributed by atoms with Gasteiger partial charge >= 0.3 is 12.1 Å². The van der Waals surface area contributed by atoms with Crippen molar-refractivity contribution in [2.75, 3.05) is 13.2 Å². The molecule has 0 atom stereocenters. The largest absolute Gasteiger partial charge is 0.481 e. The summed E-state index contributed by atoms with van der Waals surface area (Å²) < 4.78 is 39.7. The second-order valence-electron chi connectivity index (χ2n) is 4.87. The second kappa shape index (κ2) is 7.47. The summed E-state index contributed by atoms with van der Waals surface area (Å²) in [5.41, 5.74) is 0. The normalized spacial score (nSPS) is 23.4. The second-order valence-corrected chi connectivity index (χ2v) is 4.87. The van der Waals surface area contributed by atoms with Gasteiger partial charge in [0.15, 0.2) is 0 Å². The van der Waals surface area contributed by atoms with E-state index in [0.717, 1.165) is 0 Å². The van der Waals surface area contributed by atoms with Crippen molar-refractivity contribution >= 4 is 11.9 Å². The molecule has 116 valence electrons. The quantitative estimate of drug-likeness (QED) is 0.732. The molecule has 0 aromatic rings. The maximum Gasteiger partial charge on any atom is 0.411 e. The van der Waals surface area contributed by atoms with Gasteiger partial charge in [0.05, 0.1) is 12.5 Å². The van der Waals surface area contributed by atoms with Crippen LogP contribution in [0.4, 0.5) is 13.2 Å². The van der Waals surface area contributed by atoms with E-state index in [1.54, 1.807) is 0 Å². The molecule has 1 rings (SSSR count). The number of hydrogen-bond donors (Lipinski definition) is 2.